The van der Waals surface area contributed by atoms with Crippen LogP contribution in [0.5, 0.6) is 5.75 Å². The van der Waals surface area contributed by atoms with Crippen molar-refractivity contribution in [1.82, 2.24) is 0 Å². The lowest BCUT2D eigenvalue weighted by molar-refractivity contribution is -0.130. The summed E-state index contributed by atoms with van der Waals surface area (Å²) in [4.78, 5) is 11.2. The molecule has 3 heteroatoms. The van der Waals surface area contributed by atoms with Gasteiger partial charge in [-0.3, -0.25) is 0 Å². The molecular formula is C16H20O3. The number of hydrogen-bond donors (Lipinski definition) is 1. The minimum Gasteiger partial charge on any atom is -0.490 e. The third-order valence-electron chi connectivity index (χ3n) is 3.46. The molecule has 1 aliphatic carbocycles. The smallest absolute Gasteiger partial charge is 0.336 e. The van der Waals surface area contributed by atoms with Gasteiger partial charge >= 0.3 is 5.97 Å². The Morgan fingerprint density at radius 1 is 1.16 bits per heavy atom. The van der Waals surface area contributed by atoms with Crippen LogP contribution in [-0.2, 0) is 4.79 Å². The predicted octanol–water partition coefficient (Wildman–Crippen LogP) is 3.89. The van der Waals surface area contributed by atoms with Gasteiger partial charge in [-0.25, -0.2) is 4.79 Å². The van der Waals surface area contributed by atoms with Crippen LogP contribution in [0.25, 0.3) is 5.57 Å². The number of allylic oxidation sites excluding steroid dienone is 1. The zero-order chi connectivity index (χ0) is 13.8. The zero-order valence-corrected chi connectivity index (χ0v) is 11.5. The molecule has 1 aromatic rings. The first-order chi connectivity index (χ1) is 9.08. The summed E-state index contributed by atoms with van der Waals surface area (Å²) in [5.74, 6) is -0.0568. The monoisotopic (exact) mass is 260 g/mol. The first-order valence-corrected chi connectivity index (χ1v) is 6.76. The maximum absolute atomic E-state index is 11.2. The number of ether oxygens (including phenoxy) is 1. The van der Waals surface area contributed by atoms with E-state index in [2.05, 4.69) is 0 Å². The molecule has 0 bridgehead atoms. The van der Waals surface area contributed by atoms with E-state index in [0.29, 0.717) is 11.7 Å². The largest absolute Gasteiger partial charge is 0.490 e. The van der Waals surface area contributed by atoms with Crippen molar-refractivity contribution in [3.05, 3.63) is 35.4 Å². The summed E-state index contributed by atoms with van der Waals surface area (Å²) < 4.78 is 5.87. The molecule has 1 saturated carbocycles. The Hall–Kier alpha value is -1.77. The average molecular weight is 260 g/mol. The van der Waals surface area contributed by atoms with Crippen molar-refractivity contribution in [3.8, 4) is 5.75 Å². The van der Waals surface area contributed by atoms with Gasteiger partial charge in [0.05, 0.1) is 11.7 Å². The normalized spacial score (nSPS) is 15.3. The Balaban J connectivity index is 2.13. The van der Waals surface area contributed by atoms with E-state index >= 15 is 0 Å². The minimum atomic E-state index is -0.885. The van der Waals surface area contributed by atoms with Gasteiger partial charge in [0.1, 0.15) is 5.75 Å². The van der Waals surface area contributed by atoms with Crippen molar-refractivity contribution in [3.63, 3.8) is 0 Å². The molecule has 1 aliphatic rings. The van der Waals surface area contributed by atoms with E-state index in [1.807, 2.05) is 38.1 Å². The Kier molecular flexibility index (Phi) is 4.25. The maximum Gasteiger partial charge on any atom is 0.336 e. The van der Waals surface area contributed by atoms with E-state index in [0.717, 1.165) is 29.7 Å². The summed E-state index contributed by atoms with van der Waals surface area (Å²) in [5, 5.41) is 9.21. The van der Waals surface area contributed by atoms with Crippen LogP contribution < -0.4 is 4.74 Å². The molecule has 0 radical (unpaired) electrons. The first-order valence-electron chi connectivity index (χ1n) is 6.76. The minimum absolute atomic E-state index is 0.327. The van der Waals surface area contributed by atoms with Crippen molar-refractivity contribution in [1.29, 1.82) is 0 Å². The number of aliphatic carboxylic acids is 1. The molecule has 0 aliphatic heterocycles. The topological polar surface area (TPSA) is 46.5 Å². The summed E-state index contributed by atoms with van der Waals surface area (Å²) in [6.45, 7) is 3.62. The molecule has 102 valence electrons. The number of benzene rings is 1. The SMILES string of the molecule is CC(C)=C(C(=O)O)c1ccc(OC2CCCC2)cc1. The molecule has 3 nitrogen and oxygen atoms in total. The summed E-state index contributed by atoms with van der Waals surface area (Å²) in [5.41, 5.74) is 1.90. The molecule has 0 atom stereocenters. The lowest BCUT2D eigenvalue weighted by atomic mass is 10.0. The third kappa shape index (κ3) is 3.37. The Morgan fingerprint density at radius 3 is 2.21 bits per heavy atom. The van der Waals surface area contributed by atoms with Gasteiger partial charge in [-0.2, -0.15) is 0 Å². The Bertz CT molecular complexity index is 475. The molecule has 0 aromatic heterocycles. The molecular weight excluding hydrogens is 240 g/mol. The van der Waals surface area contributed by atoms with Crippen molar-refractivity contribution >= 4 is 11.5 Å². The summed E-state index contributed by atoms with van der Waals surface area (Å²) in [6.07, 6.45) is 5.05. The molecule has 1 aromatic carbocycles. The van der Waals surface area contributed by atoms with Gasteiger partial charge in [-0.1, -0.05) is 17.7 Å². The van der Waals surface area contributed by atoms with Crippen LogP contribution in [-0.4, -0.2) is 17.2 Å². The van der Waals surface area contributed by atoms with Crippen LogP contribution >= 0.6 is 0 Å². The van der Waals surface area contributed by atoms with E-state index in [9.17, 15) is 9.90 Å². The van der Waals surface area contributed by atoms with Gasteiger partial charge in [-0.05, 0) is 57.2 Å². The maximum atomic E-state index is 11.2. The van der Waals surface area contributed by atoms with Crippen molar-refractivity contribution in [2.75, 3.05) is 0 Å². The predicted molar refractivity (Wildman–Crippen MR) is 75.2 cm³/mol. The molecule has 1 N–H and O–H groups in total. The van der Waals surface area contributed by atoms with Gasteiger partial charge in [0.25, 0.3) is 0 Å². The molecule has 0 heterocycles. The van der Waals surface area contributed by atoms with E-state index in [1.54, 1.807) is 0 Å². The quantitative estimate of drug-likeness (QED) is 0.835. The second kappa shape index (κ2) is 5.91. The van der Waals surface area contributed by atoms with Gasteiger partial charge < -0.3 is 9.84 Å². The number of rotatable bonds is 4. The molecule has 2 rings (SSSR count). The average Bonchev–Trinajstić information content (AvgIpc) is 2.83. The molecule has 19 heavy (non-hydrogen) atoms. The Morgan fingerprint density at radius 2 is 1.74 bits per heavy atom. The van der Waals surface area contributed by atoms with E-state index in [1.165, 1.54) is 12.8 Å². The summed E-state index contributed by atoms with van der Waals surface area (Å²) in [6, 6.07) is 7.36. The number of carbonyl (C=O) groups is 1. The number of carboxylic acid groups (broad SMARTS) is 1. The summed E-state index contributed by atoms with van der Waals surface area (Å²) in [7, 11) is 0. The highest BCUT2D eigenvalue weighted by Crippen LogP contribution is 2.26. The van der Waals surface area contributed by atoms with Crippen molar-refractivity contribution in [2.45, 2.75) is 45.6 Å². The fourth-order valence-corrected chi connectivity index (χ4v) is 2.52. The highest BCUT2D eigenvalue weighted by atomic mass is 16.5. The molecule has 1 fully saturated rings. The number of hydrogen-bond acceptors (Lipinski definition) is 2. The van der Waals surface area contributed by atoms with E-state index in [-0.39, 0.29) is 0 Å². The zero-order valence-electron chi connectivity index (χ0n) is 11.5. The van der Waals surface area contributed by atoms with Crippen molar-refractivity contribution in [2.24, 2.45) is 0 Å². The van der Waals surface area contributed by atoms with Crippen LogP contribution in [0.3, 0.4) is 0 Å². The third-order valence-corrected chi connectivity index (χ3v) is 3.46. The van der Waals surface area contributed by atoms with E-state index < -0.39 is 5.97 Å². The van der Waals surface area contributed by atoms with Crippen molar-refractivity contribution < 1.29 is 14.6 Å². The fraction of sp³-hybridized carbons (Fsp3) is 0.438. The van der Waals surface area contributed by atoms with Gasteiger partial charge in [0.2, 0.25) is 0 Å². The molecule has 0 spiro atoms. The van der Waals surface area contributed by atoms with Crippen LogP contribution in [0.1, 0.15) is 45.1 Å². The van der Waals surface area contributed by atoms with Gasteiger partial charge in [-0.15, -0.1) is 0 Å². The van der Waals surface area contributed by atoms with Gasteiger partial charge in [0, 0.05) is 0 Å². The number of carboxylic acids is 1. The Labute approximate surface area is 113 Å². The van der Waals surface area contributed by atoms with Crippen LogP contribution in [0.15, 0.2) is 29.8 Å². The van der Waals surface area contributed by atoms with E-state index in [4.69, 9.17) is 4.74 Å². The highest BCUT2D eigenvalue weighted by Gasteiger charge is 2.17. The molecule has 0 amide bonds. The highest BCUT2D eigenvalue weighted by molar-refractivity contribution is 6.16. The van der Waals surface area contributed by atoms with Crippen LogP contribution in [0.2, 0.25) is 0 Å². The lowest BCUT2D eigenvalue weighted by Crippen LogP contribution is -2.10. The second-order valence-electron chi connectivity index (χ2n) is 5.23. The standard InChI is InChI=1S/C16H20O3/c1-11(2)15(16(17)18)12-7-9-14(10-8-12)19-13-5-3-4-6-13/h7-10,13H,3-6H2,1-2H3,(H,17,18). The molecule has 0 unspecified atom stereocenters. The fourth-order valence-electron chi connectivity index (χ4n) is 2.52. The second-order valence-corrected chi connectivity index (χ2v) is 5.23. The summed E-state index contributed by atoms with van der Waals surface area (Å²) >= 11 is 0. The van der Waals surface area contributed by atoms with Crippen LogP contribution in [0, 0.1) is 0 Å². The lowest BCUT2D eigenvalue weighted by Gasteiger charge is -2.13. The first kappa shape index (κ1) is 13.7. The van der Waals surface area contributed by atoms with Crippen LogP contribution in [0.4, 0.5) is 0 Å². The molecule has 0 saturated heterocycles. The van der Waals surface area contributed by atoms with Gasteiger partial charge in [0.15, 0.2) is 0 Å².